The third-order valence-corrected chi connectivity index (χ3v) is 5.24. The van der Waals surface area contributed by atoms with Crippen molar-refractivity contribution in [3.8, 4) is 6.07 Å². The Morgan fingerprint density at radius 3 is 2.88 bits per heavy atom. The maximum Gasteiger partial charge on any atom is 0.126 e. The van der Waals surface area contributed by atoms with Gasteiger partial charge in [0.15, 0.2) is 0 Å². The Kier molecular flexibility index (Phi) is 5.22. The van der Waals surface area contributed by atoms with Gasteiger partial charge in [0.1, 0.15) is 5.82 Å². The van der Waals surface area contributed by atoms with Crippen molar-refractivity contribution in [3.63, 3.8) is 0 Å². The predicted molar refractivity (Wildman–Crippen MR) is 98.8 cm³/mol. The van der Waals surface area contributed by atoms with E-state index in [0.29, 0.717) is 6.04 Å². The van der Waals surface area contributed by atoms with Crippen molar-refractivity contribution < 1.29 is 0 Å². The molecule has 0 saturated heterocycles. The molecule has 2 aromatic rings. The molecule has 1 aliphatic heterocycles. The minimum Gasteiger partial charge on any atom is -0.328 e. The normalized spacial score (nSPS) is 17.7. The van der Waals surface area contributed by atoms with Gasteiger partial charge in [0.25, 0.3) is 0 Å². The summed E-state index contributed by atoms with van der Waals surface area (Å²) in [6.45, 7) is 10.4. The fourth-order valence-electron chi connectivity index (χ4n) is 3.36. The van der Waals surface area contributed by atoms with Crippen LogP contribution in [-0.4, -0.2) is 39.0 Å². The standard InChI is InChI=1S/C20H27N5/c1-15(2)23(4)14-19-12-22-20-16(3)24(8-9-25(19)20)13-18-7-5-6-17(10-18)11-21/h5-7,10,12,15-16H,8-9,13-14H2,1-4H3/t16-/m0/s1. The Balaban J connectivity index is 1.74. The van der Waals surface area contributed by atoms with E-state index >= 15 is 0 Å². The zero-order valence-electron chi connectivity index (χ0n) is 15.6. The average molecular weight is 337 g/mol. The number of nitriles is 1. The number of hydrogen-bond donors (Lipinski definition) is 0. The van der Waals surface area contributed by atoms with E-state index in [1.54, 1.807) is 0 Å². The molecule has 2 heterocycles. The van der Waals surface area contributed by atoms with Gasteiger partial charge in [-0.25, -0.2) is 4.98 Å². The number of fused-ring (bicyclic) bond motifs is 1. The van der Waals surface area contributed by atoms with Gasteiger partial charge >= 0.3 is 0 Å². The van der Waals surface area contributed by atoms with Crippen LogP contribution in [0.3, 0.4) is 0 Å². The van der Waals surface area contributed by atoms with Gasteiger partial charge in [-0.3, -0.25) is 9.80 Å². The maximum absolute atomic E-state index is 9.08. The minimum atomic E-state index is 0.276. The number of aromatic nitrogens is 2. The Labute approximate surface area is 150 Å². The Morgan fingerprint density at radius 1 is 1.36 bits per heavy atom. The topological polar surface area (TPSA) is 48.1 Å². The number of hydrogen-bond acceptors (Lipinski definition) is 4. The van der Waals surface area contributed by atoms with Gasteiger partial charge in [-0.1, -0.05) is 12.1 Å². The second-order valence-corrected chi connectivity index (χ2v) is 7.23. The van der Waals surface area contributed by atoms with Crippen molar-refractivity contribution >= 4 is 0 Å². The van der Waals surface area contributed by atoms with E-state index in [4.69, 9.17) is 10.2 Å². The van der Waals surface area contributed by atoms with Crippen molar-refractivity contribution in [2.75, 3.05) is 13.6 Å². The maximum atomic E-state index is 9.08. The molecular weight excluding hydrogens is 310 g/mol. The zero-order valence-corrected chi connectivity index (χ0v) is 15.6. The molecule has 0 aliphatic carbocycles. The number of nitrogens with zero attached hydrogens (tertiary/aromatic N) is 5. The van der Waals surface area contributed by atoms with Gasteiger partial charge in [0, 0.05) is 38.4 Å². The van der Waals surface area contributed by atoms with Crippen molar-refractivity contribution in [2.45, 2.75) is 52.5 Å². The quantitative estimate of drug-likeness (QED) is 0.841. The van der Waals surface area contributed by atoms with Gasteiger partial charge < -0.3 is 4.57 Å². The molecule has 3 rings (SSSR count). The highest BCUT2D eigenvalue weighted by atomic mass is 15.3. The smallest absolute Gasteiger partial charge is 0.126 e. The molecule has 0 bridgehead atoms. The van der Waals surface area contributed by atoms with Crippen LogP contribution in [0.5, 0.6) is 0 Å². The lowest BCUT2D eigenvalue weighted by Gasteiger charge is -2.35. The van der Waals surface area contributed by atoms with Crippen molar-refractivity contribution in [2.24, 2.45) is 0 Å². The lowest BCUT2D eigenvalue weighted by molar-refractivity contribution is 0.152. The van der Waals surface area contributed by atoms with Gasteiger partial charge in [0.2, 0.25) is 0 Å². The fourth-order valence-corrected chi connectivity index (χ4v) is 3.36. The molecule has 0 radical (unpaired) electrons. The summed E-state index contributed by atoms with van der Waals surface area (Å²) in [6.07, 6.45) is 2.03. The summed E-state index contributed by atoms with van der Waals surface area (Å²) in [5.74, 6) is 1.15. The molecule has 5 nitrogen and oxygen atoms in total. The van der Waals surface area contributed by atoms with E-state index in [-0.39, 0.29) is 6.04 Å². The van der Waals surface area contributed by atoms with Crippen molar-refractivity contribution in [1.82, 2.24) is 19.4 Å². The largest absolute Gasteiger partial charge is 0.328 e. The van der Waals surface area contributed by atoms with E-state index in [0.717, 1.165) is 37.6 Å². The number of benzene rings is 1. The summed E-state index contributed by atoms with van der Waals surface area (Å²) < 4.78 is 2.38. The summed E-state index contributed by atoms with van der Waals surface area (Å²) >= 11 is 0. The van der Waals surface area contributed by atoms with Crippen LogP contribution in [0, 0.1) is 11.3 Å². The molecule has 0 N–H and O–H groups in total. The first-order valence-corrected chi connectivity index (χ1v) is 8.97. The lowest BCUT2D eigenvalue weighted by Crippen LogP contribution is -2.37. The lowest BCUT2D eigenvalue weighted by atomic mass is 10.1. The van der Waals surface area contributed by atoms with Gasteiger partial charge in [-0.05, 0) is 45.5 Å². The molecule has 132 valence electrons. The molecule has 0 fully saturated rings. The molecule has 0 unspecified atom stereocenters. The molecule has 0 saturated carbocycles. The molecular formula is C20H27N5. The molecule has 5 heteroatoms. The van der Waals surface area contributed by atoms with Gasteiger partial charge in [0.05, 0.1) is 23.4 Å². The second-order valence-electron chi connectivity index (χ2n) is 7.23. The van der Waals surface area contributed by atoms with E-state index in [2.05, 4.69) is 54.3 Å². The van der Waals surface area contributed by atoms with Crippen LogP contribution in [0.15, 0.2) is 30.5 Å². The summed E-state index contributed by atoms with van der Waals surface area (Å²) in [5, 5.41) is 9.08. The zero-order chi connectivity index (χ0) is 18.0. The highest BCUT2D eigenvalue weighted by molar-refractivity contribution is 5.32. The van der Waals surface area contributed by atoms with E-state index in [9.17, 15) is 0 Å². The van der Waals surface area contributed by atoms with E-state index in [1.165, 1.54) is 11.3 Å². The summed E-state index contributed by atoms with van der Waals surface area (Å²) in [6, 6.07) is 10.9. The highest BCUT2D eigenvalue weighted by Crippen LogP contribution is 2.27. The fraction of sp³-hybridized carbons (Fsp3) is 0.500. The predicted octanol–water partition coefficient (Wildman–Crippen LogP) is 3.17. The first-order chi connectivity index (χ1) is 12.0. The summed E-state index contributed by atoms with van der Waals surface area (Å²) in [4.78, 5) is 9.50. The molecule has 1 aromatic carbocycles. The monoisotopic (exact) mass is 337 g/mol. The first kappa shape index (κ1) is 17.7. The summed E-state index contributed by atoms with van der Waals surface area (Å²) in [7, 11) is 2.16. The molecule has 1 aliphatic rings. The molecule has 25 heavy (non-hydrogen) atoms. The molecule has 1 atom stereocenters. The van der Waals surface area contributed by atoms with Crippen LogP contribution in [0.4, 0.5) is 0 Å². The van der Waals surface area contributed by atoms with E-state index in [1.807, 2.05) is 24.4 Å². The molecule has 0 amide bonds. The minimum absolute atomic E-state index is 0.276. The average Bonchev–Trinajstić information content (AvgIpc) is 3.01. The van der Waals surface area contributed by atoms with Crippen LogP contribution in [0.2, 0.25) is 0 Å². The molecule has 0 spiro atoms. The number of rotatable bonds is 5. The Morgan fingerprint density at radius 2 is 2.16 bits per heavy atom. The second kappa shape index (κ2) is 7.38. The molecule has 1 aromatic heterocycles. The van der Waals surface area contributed by atoms with Gasteiger partial charge in [-0.15, -0.1) is 0 Å². The Bertz CT molecular complexity index is 771. The summed E-state index contributed by atoms with van der Waals surface area (Å²) in [5.41, 5.74) is 3.21. The van der Waals surface area contributed by atoms with Gasteiger partial charge in [-0.2, -0.15) is 5.26 Å². The highest BCUT2D eigenvalue weighted by Gasteiger charge is 2.27. The third kappa shape index (κ3) is 3.76. The van der Waals surface area contributed by atoms with E-state index < -0.39 is 0 Å². The van der Waals surface area contributed by atoms with Crippen LogP contribution in [-0.2, 0) is 19.6 Å². The van der Waals surface area contributed by atoms with Crippen molar-refractivity contribution in [3.05, 3.63) is 53.1 Å². The van der Waals surface area contributed by atoms with Crippen LogP contribution in [0.1, 0.15) is 49.5 Å². The van der Waals surface area contributed by atoms with Crippen molar-refractivity contribution in [1.29, 1.82) is 5.26 Å². The van der Waals surface area contributed by atoms with Crippen LogP contribution in [0.25, 0.3) is 0 Å². The first-order valence-electron chi connectivity index (χ1n) is 8.97. The number of imidazole rings is 1. The Hall–Kier alpha value is -2.16. The van der Waals surface area contributed by atoms with Crippen LogP contribution < -0.4 is 0 Å². The third-order valence-electron chi connectivity index (χ3n) is 5.24. The van der Waals surface area contributed by atoms with Crippen LogP contribution >= 0.6 is 0 Å². The SMILES string of the molecule is CC(C)N(C)Cc1cnc2n1CCN(Cc1cccc(C#N)c1)[C@H]2C.